The number of anilines is 1. The minimum Gasteiger partial charge on any atom is -0.431 e. The molecule has 128 valence electrons. The molecule has 1 amide bonds. The van der Waals surface area contributed by atoms with Gasteiger partial charge in [-0.3, -0.25) is 15.1 Å². The van der Waals surface area contributed by atoms with E-state index in [1.165, 1.54) is 12.6 Å². The summed E-state index contributed by atoms with van der Waals surface area (Å²) in [5.74, 6) is -0.356. The molecule has 0 saturated carbocycles. The standard InChI is InChI=1S/C18H14N6O2/c1-12-4-2-6-21-16(12)14-10-26-18(22-14)23-17(25)15-5-3-7-24(15)13-8-19-11-20-9-13/h2-11H,1H3,(H,22,23,25). The van der Waals surface area contributed by atoms with Crippen molar-refractivity contribution in [1.29, 1.82) is 0 Å². The van der Waals surface area contributed by atoms with Crippen LogP contribution in [0.15, 0.2) is 66.1 Å². The molecule has 0 spiro atoms. The largest absolute Gasteiger partial charge is 0.431 e. The molecule has 0 aliphatic rings. The Kier molecular flexibility index (Phi) is 3.98. The van der Waals surface area contributed by atoms with E-state index < -0.39 is 0 Å². The Bertz CT molecular complexity index is 1050. The van der Waals surface area contributed by atoms with Gasteiger partial charge < -0.3 is 8.98 Å². The first-order chi connectivity index (χ1) is 12.7. The lowest BCUT2D eigenvalue weighted by Gasteiger charge is -2.07. The average molecular weight is 346 g/mol. The molecule has 0 aromatic carbocycles. The summed E-state index contributed by atoms with van der Waals surface area (Å²) in [6.45, 7) is 1.93. The van der Waals surface area contributed by atoms with Gasteiger partial charge in [-0.05, 0) is 30.7 Å². The van der Waals surface area contributed by atoms with Crippen molar-refractivity contribution in [3.05, 3.63) is 72.9 Å². The average Bonchev–Trinajstić information content (AvgIpc) is 3.32. The van der Waals surface area contributed by atoms with Crippen LogP contribution in [0.1, 0.15) is 16.1 Å². The minimum absolute atomic E-state index is 0.104. The van der Waals surface area contributed by atoms with E-state index in [0.717, 1.165) is 5.56 Å². The molecule has 26 heavy (non-hydrogen) atoms. The molecule has 8 nitrogen and oxygen atoms in total. The maximum atomic E-state index is 12.6. The van der Waals surface area contributed by atoms with Gasteiger partial charge in [-0.15, -0.1) is 0 Å². The number of aryl methyl sites for hydroxylation is 1. The van der Waals surface area contributed by atoms with E-state index in [0.29, 0.717) is 22.8 Å². The fourth-order valence-electron chi connectivity index (χ4n) is 2.56. The molecule has 0 atom stereocenters. The van der Waals surface area contributed by atoms with E-state index in [4.69, 9.17) is 4.42 Å². The number of nitrogens with zero attached hydrogens (tertiary/aromatic N) is 5. The molecule has 4 aromatic rings. The highest BCUT2D eigenvalue weighted by molar-refractivity contribution is 6.02. The Morgan fingerprint density at radius 3 is 2.85 bits per heavy atom. The molecule has 0 bridgehead atoms. The third-order valence-electron chi connectivity index (χ3n) is 3.78. The van der Waals surface area contributed by atoms with Gasteiger partial charge in [0.1, 0.15) is 24.0 Å². The van der Waals surface area contributed by atoms with E-state index in [-0.39, 0.29) is 11.9 Å². The van der Waals surface area contributed by atoms with Gasteiger partial charge in [-0.25, -0.2) is 9.97 Å². The van der Waals surface area contributed by atoms with E-state index in [2.05, 4.69) is 25.3 Å². The predicted octanol–water partition coefficient (Wildman–Crippen LogP) is 2.88. The number of nitrogens with one attached hydrogen (secondary N) is 1. The van der Waals surface area contributed by atoms with Crippen LogP contribution in [0.2, 0.25) is 0 Å². The summed E-state index contributed by atoms with van der Waals surface area (Å²) < 4.78 is 7.05. The molecule has 4 aromatic heterocycles. The third-order valence-corrected chi connectivity index (χ3v) is 3.78. The second-order valence-corrected chi connectivity index (χ2v) is 5.52. The molecule has 0 radical (unpaired) electrons. The summed E-state index contributed by atoms with van der Waals surface area (Å²) in [7, 11) is 0. The predicted molar refractivity (Wildman–Crippen MR) is 93.8 cm³/mol. The highest BCUT2D eigenvalue weighted by Gasteiger charge is 2.16. The van der Waals surface area contributed by atoms with Crippen molar-refractivity contribution in [3.63, 3.8) is 0 Å². The van der Waals surface area contributed by atoms with Gasteiger partial charge in [0.05, 0.1) is 23.8 Å². The van der Waals surface area contributed by atoms with Crippen LogP contribution in [0, 0.1) is 6.92 Å². The summed E-state index contributed by atoms with van der Waals surface area (Å²) in [5.41, 5.74) is 3.33. The zero-order valence-corrected chi connectivity index (χ0v) is 13.8. The Balaban J connectivity index is 1.57. The van der Waals surface area contributed by atoms with Gasteiger partial charge >= 0.3 is 6.01 Å². The summed E-state index contributed by atoms with van der Waals surface area (Å²) in [6, 6.07) is 7.34. The number of hydrogen-bond donors (Lipinski definition) is 1. The number of amides is 1. The van der Waals surface area contributed by atoms with Gasteiger partial charge in [0.15, 0.2) is 0 Å². The summed E-state index contributed by atoms with van der Waals surface area (Å²) >= 11 is 0. The number of carbonyl (C=O) groups is 1. The summed E-state index contributed by atoms with van der Waals surface area (Å²) in [6.07, 6.45) is 9.58. The van der Waals surface area contributed by atoms with Gasteiger partial charge in [0.25, 0.3) is 5.91 Å². The monoisotopic (exact) mass is 346 g/mol. The van der Waals surface area contributed by atoms with Crippen molar-refractivity contribution in [2.24, 2.45) is 0 Å². The Morgan fingerprint density at radius 1 is 1.19 bits per heavy atom. The molecule has 4 rings (SSSR count). The first-order valence-corrected chi connectivity index (χ1v) is 7.84. The number of carbonyl (C=O) groups excluding carboxylic acids is 1. The highest BCUT2D eigenvalue weighted by Crippen LogP contribution is 2.22. The zero-order valence-electron chi connectivity index (χ0n) is 13.8. The van der Waals surface area contributed by atoms with Crippen LogP contribution >= 0.6 is 0 Å². The molecular formula is C18H14N6O2. The van der Waals surface area contributed by atoms with Gasteiger partial charge in [-0.1, -0.05) is 6.07 Å². The van der Waals surface area contributed by atoms with Crippen LogP contribution in [-0.2, 0) is 0 Å². The Labute approximate surface area is 148 Å². The van der Waals surface area contributed by atoms with Crippen LogP contribution in [0.25, 0.3) is 17.1 Å². The first kappa shape index (κ1) is 15.7. The lowest BCUT2D eigenvalue weighted by atomic mass is 10.2. The fraction of sp³-hybridized carbons (Fsp3) is 0.0556. The van der Waals surface area contributed by atoms with Crippen molar-refractivity contribution in [1.82, 2.24) is 24.5 Å². The fourth-order valence-corrected chi connectivity index (χ4v) is 2.56. The number of hydrogen-bond acceptors (Lipinski definition) is 6. The molecule has 0 aliphatic heterocycles. The van der Waals surface area contributed by atoms with Gasteiger partial charge in [-0.2, -0.15) is 4.98 Å². The quantitative estimate of drug-likeness (QED) is 0.610. The normalized spacial score (nSPS) is 10.7. The molecular weight excluding hydrogens is 332 g/mol. The molecule has 0 unspecified atom stereocenters. The van der Waals surface area contributed by atoms with E-state index >= 15 is 0 Å². The minimum atomic E-state index is -0.356. The topological polar surface area (TPSA) is 98.7 Å². The Morgan fingerprint density at radius 2 is 2.04 bits per heavy atom. The number of oxazole rings is 1. The van der Waals surface area contributed by atoms with Crippen LogP contribution in [0.3, 0.4) is 0 Å². The van der Waals surface area contributed by atoms with E-state index in [1.54, 1.807) is 41.5 Å². The molecule has 0 fully saturated rings. The lowest BCUT2D eigenvalue weighted by Crippen LogP contribution is -2.16. The van der Waals surface area contributed by atoms with Crippen molar-refractivity contribution in [2.75, 3.05) is 5.32 Å². The van der Waals surface area contributed by atoms with Gasteiger partial charge in [0.2, 0.25) is 0 Å². The third kappa shape index (κ3) is 2.95. The lowest BCUT2D eigenvalue weighted by molar-refractivity contribution is 0.101. The summed E-state index contributed by atoms with van der Waals surface area (Å²) in [5, 5.41) is 2.66. The van der Waals surface area contributed by atoms with Crippen molar-refractivity contribution in [3.8, 4) is 17.1 Å². The zero-order chi connectivity index (χ0) is 17.9. The molecule has 4 heterocycles. The second kappa shape index (κ2) is 6.60. The molecule has 0 saturated heterocycles. The number of pyridine rings is 1. The maximum Gasteiger partial charge on any atom is 0.302 e. The summed E-state index contributed by atoms with van der Waals surface area (Å²) in [4.78, 5) is 29.1. The van der Waals surface area contributed by atoms with E-state index in [1.807, 2.05) is 19.1 Å². The van der Waals surface area contributed by atoms with Crippen LogP contribution in [0.5, 0.6) is 0 Å². The van der Waals surface area contributed by atoms with Crippen LogP contribution in [0.4, 0.5) is 6.01 Å². The molecule has 1 N–H and O–H groups in total. The second-order valence-electron chi connectivity index (χ2n) is 5.52. The van der Waals surface area contributed by atoms with Crippen molar-refractivity contribution >= 4 is 11.9 Å². The molecule has 8 heteroatoms. The van der Waals surface area contributed by atoms with Gasteiger partial charge in [0, 0.05) is 12.4 Å². The smallest absolute Gasteiger partial charge is 0.302 e. The number of aromatic nitrogens is 5. The van der Waals surface area contributed by atoms with E-state index in [9.17, 15) is 4.79 Å². The van der Waals surface area contributed by atoms with Crippen molar-refractivity contribution < 1.29 is 9.21 Å². The maximum absolute atomic E-state index is 12.6. The Hall–Kier alpha value is -3.81. The first-order valence-electron chi connectivity index (χ1n) is 7.84. The van der Waals surface area contributed by atoms with Crippen LogP contribution in [-0.4, -0.2) is 30.4 Å². The number of rotatable bonds is 4. The SMILES string of the molecule is Cc1cccnc1-c1coc(NC(=O)c2cccn2-c2cncnc2)n1. The highest BCUT2D eigenvalue weighted by atomic mass is 16.4. The van der Waals surface area contributed by atoms with Crippen LogP contribution < -0.4 is 5.32 Å². The molecule has 0 aliphatic carbocycles. The van der Waals surface area contributed by atoms with Crippen molar-refractivity contribution in [2.45, 2.75) is 6.92 Å².